The quantitative estimate of drug-likeness (QED) is 0.407. The average Bonchev–Trinajstić information content (AvgIpc) is 3.72. The van der Waals surface area contributed by atoms with Crippen LogP contribution in [0.15, 0.2) is 66.7 Å². The molecule has 1 atom stereocenters. The Morgan fingerprint density at radius 3 is 2.28 bits per heavy atom. The number of nitrogens with one attached hydrogen (secondary N) is 2. The van der Waals surface area contributed by atoms with Gasteiger partial charge in [-0.15, -0.1) is 0 Å². The number of amides is 2. The van der Waals surface area contributed by atoms with Crippen molar-refractivity contribution in [1.82, 2.24) is 0 Å². The van der Waals surface area contributed by atoms with Gasteiger partial charge in [-0.2, -0.15) is 0 Å². The van der Waals surface area contributed by atoms with Crippen molar-refractivity contribution < 1.29 is 29.0 Å². The van der Waals surface area contributed by atoms with Crippen LogP contribution in [0.3, 0.4) is 0 Å². The molecule has 2 amide bonds. The molecule has 1 heterocycles. The van der Waals surface area contributed by atoms with E-state index in [1.54, 1.807) is 42.5 Å². The highest BCUT2D eigenvalue weighted by Crippen LogP contribution is 2.41. The van der Waals surface area contributed by atoms with Gasteiger partial charge < -0.3 is 20.5 Å². The fourth-order valence-corrected chi connectivity index (χ4v) is 4.36. The van der Waals surface area contributed by atoms with Crippen LogP contribution in [0.2, 0.25) is 0 Å². The third-order valence-electron chi connectivity index (χ3n) is 6.49. The van der Waals surface area contributed by atoms with Crippen molar-refractivity contribution in [2.45, 2.75) is 19.3 Å². The zero-order valence-electron chi connectivity index (χ0n) is 19.3. The Labute approximate surface area is 207 Å². The first kappa shape index (κ1) is 23.3. The SMILES string of the molecule is O=C1COc2cc(C(=O)C(Cc3ccc(C(=O)Nc4ccc(C(=O)O)cc4)cc3)C3CC3)ccc2N1. The molecule has 1 fully saturated rings. The van der Waals surface area contributed by atoms with Crippen molar-refractivity contribution in [1.29, 1.82) is 0 Å². The third kappa shape index (κ3) is 5.12. The minimum absolute atomic E-state index is 0.0485. The van der Waals surface area contributed by atoms with Crippen molar-refractivity contribution in [3.05, 3.63) is 89.0 Å². The van der Waals surface area contributed by atoms with E-state index in [1.807, 2.05) is 12.1 Å². The number of hydrogen-bond acceptors (Lipinski definition) is 5. The normalized spacial score (nSPS) is 15.2. The first-order chi connectivity index (χ1) is 17.4. The lowest BCUT2D eigenvalue weighted by atomic mass is 9.87. The van der Waals surface area contributed by atoms with Gasteiger partial charge in [-0.25, -0.2) is 4.79 Å². The van der Waals surface area contributed by atoms with Crippen LogP contribution in [-0.4, -0.2) is 35.3 Å². The van der Waals surface area contributed by atoms with Gasteiger partial charge in [0.15, 0.2) is 12.4 Å². The number of Topliss-reactive ketones (excluding diaryl/α,β-unsaturated/α-hetero) is 1. The summed E-state index contributed by atoms with van der Waals surface area (Å²) in [5, 5.41) is 14.5. The third-order valence-corrected chi connectivity index (χ3v) is 6.49. The van der Waals surface area contributed by atoms with Gasteiger partial charge in [0, 0.05) is 22.7 Å². The first-order valence-electron chi connectivity index (χ1n) is 11.7. The van der Waals surface area contributed by atoms with Gasteiger partial charge in [0.25, 0.3) is 11.8 Å². The van der Waals surface area contributed by atoms with E-state index in [1.165, 1.54) is 12.1 Å². The molecule has 8 nitrogen and oxygen atoms in total. The number of carboxylic acids is 1. The molecule has 0 bridgehead atoms. The maximum Gasteiger partial charge on any atom is 0.335 e. The molecule has 8 heteroatoms. The van der Waals surface area contributed by atoms with Crippen LogP contribution in [0.4, 0.5) is 11.4 Å². The summed E-state index contributed by atoms with van der Waals surface area (Å²) in [6, 6.07) is 18.2. The Morgan fingerprint density at radius 2 is 1.61 bits per heavy atom. The highest BCUT2D eigenvalue weighted by molar-refractivity contribution is 6.04. The average molecular weight is 485 g/mol. The topological polar surface area (TPSA) is 122 Å². The molecule has 1 unspecified atom stereocenters. The lowest BCUT2D eigenvalue weighted by molar-refractivity contribution is -0.118. The van der Waals surface area contributed by atoms with E-state index < -0.39 is 5.97 Å². The molecule has 3 N–H and O–H groups in total. The molecule has 1 aliphatic carbocycles. The second-order valence-electron chi connectivity index (χ2n) is 9.09. The number of carboxylic acid groups (broad SMARTS) is 1. The predicted octanol–water partition coefficient (Wildman–Crippen LogP) is 4.42. The summed E-state index contributed by atoms with van der Waals surface area (Å²) in [6.07, 6.45) is 2.58. The summed E-state index contributed by atoms with van der Waals surface area (Å²) in [5.41, 5.74) is 3.20. The molecule has 1 saturated carbocycles. The largest absolute Gasteiger partial charge is 0.482 e. The molecule has 1 aliphatic heterocycles. The van der Waals surface area contributed by atoms with Gasteiger partial charge in [-0.05, 0) is 85.3 Å². The molecule has 2 aliphatic rings. The van der Waals surface area contributed by atoms with Crippen LogP contribution in [-0.2, 0) is 11.2 Å². The van der Waals surface area contributed by atoms with E-state index in [-0.39, 0.29) is 35.7 Å². The van der Waals surface area contributed by atoms with Gasteiger partial charge in [-0.1, -0.05) is 12.1 Å². The lowest BCUT2D eigenvalue weighted by Crippen LogP contribution is -2.26. The number of aromatic carboxylic acids is 1. The molecule has 36 heavy (non-hydrogen) atoms. The monoisotopic (exact) mass is 484 g/mol. The van der Waals surface area contributed by atoms with E-state index in [0.717, 1.165) is 18.4 Å². The van der Waals surface area contributed by atoms with Crippen molar-refractivity contribution >= 4 is 34.9 Å². The Balaban J connectivity index is 1.25. The van der Waals surface area contributed by atoms with E-state index in [2.05, 4.69) is 10.6 Å². The Kier molecular flexibility index (Phi) is 6.25. The van der Waals surface area contributed by atoms with Gasteiger partial charge in [0.1, 0.15) is 5.75 Å². The van der Waals surface area contributed by atoms with E-state index in [9.17, 15) is 19.2 Å². The van der Waals surface area contributed by atoms with Crippen LogP contribution >= 0.6 is 0 Å². The first-order valence-corrected chi connectivity index (χ1v) is 11.7. The summed E-state index contributed by atoms with van der Waals surface area (Å²) < 4.78 is 5.47. The second kappa shape index (κ2) is 9.65. The summed E-state index contributed by atoms with van der Waals surface area (Å²) in [4.78, 5) is 48.4. The number of fused-ring (bicyclic) bond motifs is 1. The number of rotatable bonds is 8. The van der Waals surface area contributed by atoms with Crippen molar-refractivity contribution in [3.8, 4) is 5.75 Å². The fourth-order valence-electron chi connectivity index (χ4n) is 4.36. The lowest BCUT2D eigenvalue weighted by Gasteiger charge is -2.20. The minimum atomic E-state index is -1.03. The molecule has 0 radical (unpaired) electrons. The van der Waals surface area contributed by atoms with E-state index in [4.69, 9.17) is 9.84 Å². The second-order valence-corrected chi connectivity index (χ2v) is 9.09. The summed E-state index contributed by atoms with van der Waals surface area (Å²) >= 11 is 0. The van der Waals surface area contributed by atoms with Crippen molar-refractivity contribution in [2.24, 2.45) is 11.8 Å². The van der Waals surface area contributed by atoms with Crippen molar-refractivity contribution in [3.63, 3.8) is 0 Å². The molecule has 3 aromatic rings. The molecule has 3 aromatic carbocycles. The van der Waals surface area contributed by atoms with Crippen LogP contribution < -0.4 is 15.4 Å². The van der Waals surface area contributed by atoms with Gasteiger partial charge in [0.2, 0.25) is 0 Å². The summed E-state index contributed by atoms with van der Waals surface area (Å²) in [7, 11) is 0. The Hall–Kier alpha value is -4.46. The molecule has 182 valence electrons. The highest BCUT2D eigenvalue weighted by Gasteiger charge is 2.36. The molecule has 0 spiro atoms. The maximum atomic E-state index is 13.4. The highest BCUT2D eigenvalue weighted by atomic mass is 16.5. The van der Waals surface area contributed by atoms with Crippen LogP contribution in [0, 0.1) is 11.8 Å². The van der Waals surface area contributed by atoms with E-state index in [0.29, 0.717) is 40.6 Å². The predicted molar refractivity (Wildman–Crippen MR) is 133 cm³/mol. The zero-order valence-corrected chi connectivity index (χ0v) is 19.3. The molecule has 5 rings (SSSR count). The molecular weight excluding hydrogens is 460 g/mol. The Morgan fingerprint density at radius 1 is 0.944 bits per heavy atom. The van der Waals surface area contributed by atoms with Crippen LogP contribution in [0.5, 0.6) is 5.75 Å². The smallest absolute Gasteiger partial charge is 0.335 e. The number of carbonyl (C=O) groups excluding carboxylic acids is 3. The van der Waals surface area contributed by atoms with Crippen LogP contribution in [0.25, 0.3) is 0 Å². The standard InChI is InChI=1S/C28H24N2O6/c31-25-15-36-24-14-20(9-12-23(24)30-25)26(32)22(17-5-6-17)13-16-1-3-18(4-2-16)27(33)29-21-10-7-19(8-11-21)28(34)35/h1-4,7-12,14,17,22H,5-6,13,15H2,(H,29,33)(H,30,31)(H,34,35). The molecule has 0 saturated heterocycles. The van der Waals surface area contributed by atoms with Gasteiger partial charge in [-0.3, -0.25) is 14.4 Å². The fraction of sp³-hybridized carbons (Fsp3) is 0.214. The number of ketones is 1. The minimum Gasteiger partial charge on any atom is -0.482 e. The number of hydrogen-bond donors (Lipinski definition) is 3. The zero-order chi connectivity index (χ0) is 25.2. The van der Waals surface area contributed by atoms with E-state index >= 15 is 0 Å². The number of benzene rings is 3. The van der Waals surface area contributed by atoms with Crippen LogP contribution in [0.1, 0.15) is 49.5 Å². The maximum absolute atomic E-state index is 13.4. The summed E-state index contributed by atoms with van der Waals surface area (Å²) in [6.45, 7) is -0.0652. The van der Waals surface area contributed by atoms with Gasteiger partial charge >= 0.3 is 5.97 Å². The molecule has 0 aromatic heterocycles. The number of ether oxygens (including phenoxy) is 1. The molecular formula is C28H24N2O6. The summed E-state index contributed by atoms with van der Waals surface area (Å²) in [5.74, 6) is -0.846. The van der Waals surface area contributed by atoms with Gasteiger partial charge in [0.05, 0.1) is 11.3 Å². The van der Waals surface area contributed by atoms with Crippen molar-refractivity contribution in [2.75, 3.05) is 17.2 Å². The number of anilines is 2. The Bertz CT molecular complexity index is 1340. The number of carbonyl (C=O) groups is 4.